The fraction of sp³-hybridized carbons (Fsp3) is 0.467. The molecule has 0 saturated carbocycles. The van der Waals surface area contributed by atoms with Gasteiger partial charge in [0, 0.05) is 0 Å². The molecule has 19 heavy (non-hydrogen) atoms. The maximum Gasteiger partial charge on any atom is 0.161 e. The van der Waals surface area contributed by atoms with E-state index in [0.29, 0.717) is 13.2 Å². The van der Waals surface area contributed by atoms with Crippen LogP contribution < -0.4 is 20.7 Å². The quantitative estimate of drug-likeness (QED) is 0.451. The van der Waals surface area contributed by atoms with Crippen molar-refractivity contribution in [3.8, 4) is 11.5 Å². The number of hydrogen-bond donors (Lipinski definition) is 2. The number of rotatable bonds is 7. The number of ether oxygens (including phenoxy) is 2. The van der Waals surface area contributed by atoms with E-state index in [1.165, 1.54) is 5.57 Å². The van der Waals surface area contributed by atoms with Crippen LogP contribution in [-0.4, -0.2) is 13.2 Å². The Labute approximate surface area is 115 Å². The minimum absolute atomic E-state index is 0.0279. The van der Waals surface area contributed by atoms with Gasteiger partial charge in [0.25, 0.3) is 0 Å². The third-order valence-electron chi connectivity index (χ3n) is 2.61. The molecular weight excluding hydrogens is 240 g/mol. The molecule has 4 heteroatoms. The number of hydrogen-bond acceptors (Lipinski definition) is 4. The summed E-state index contributed by atoms with van der Waals surface area (Å²) in [7, 11) is 0. The van der Waals surface area contributed by atoms with Crippen LogP contribution in [-0.2, 0) is 0 Å². The molecule has 0 spiro atoms. The van der Waals surface area contributed by atoms with E-state index in [-0.39, 0.29) is 6.04 Å². The maximum absolute atomic E-state index is 5.62. The van der Waals surface area contributed by atoms with Gasteiger partial charge >= 0.3 is 0 Å². The van der Waals surface area contributed by atoms with Crippen molar-refractivity contribution in [2.75, 3.05) is 13.2 Å². The van der Waals surface area contributed by atoms with Gasteiger partial charge in [0.1, 0.15) is 0 Å². The van der Waals surface area contributed by atoms with Gasteiger partial charge in [0.05, 0.1) is 19.3 Å². The summed E-state index contributed by atoms with van der Waals surface area (Å²) in [6.45, 7) is 9.22. The lowest BCUT2D eigenvalue weighted by Crippen LogP contribution is -2.26. The lowest BCUT2D eigenvalue weighted by Gasteiger charge is -2.17. The Morgan fingerprint density at radius 2 is 1.84 bits per heavy atom. The zero-order valence-corrected chi connectivity index (χ0v) is 12.2. The second-order valence-corrected chi connectivity index (χ2v) is 4.46. The van der Waals surface area contributed by atoms with Crippen molar-refractivity contribution in [3.63, 3.8) is 0 Å². The van der Waals surface area contributed by atoms with E-state index < -0.39 is 0 Å². The summed E-state index contributed by atoms with van der Waals surface area (Å²) in [5.74, 6) is 7.13. The van der Waals surface area contributed by atoms with Crippen molar-refractivity contribution in [3.05, 3.63) is 35.4 Å². The average Bonchev–Trinajstić information content (AvgIpc) is 2.38. The highest BCUT2D eigenvalue weighted by Gasteiger charge is 2.11. The third-order valence-corrected chi connectivity index (χ3v) is 2.61. The Hall–Kier alpha value is -1.52. The van der Waals surface area contributed by atoms with E-state index >= 15 is 0 Å². The first-order chi connectivity index (χ1) is 9.12. The van der Waals surface area contributed by atoms with Crippen molar-refractivity contribution in [1.82, 2.24) is 5.43 Å². The van der Waals surface area contributed by atoms with Crippen LogP contribution in [0.2, 0.25) is 0 Å². The molecule has 0 saturated heterocycles. The van der Waals surface area contributed by atoms with Gasteiger partial charge in [-0.05, 0) is 45.4 Å². The standard InChI is InChI=1S/C15H24N2O2/c1-5-18-14-8-7-12(10-15(14)19-6-2)13(17-16)9-11(3)4/h7-10,13,17H,5-6,16H2,1-4H3. The van der Waals surface area contributed by atoms with Crippen LogP contribution in [0, 0.1) is 0 Å². The van der Waals surface area contributed by atoms with Gasteiger partial charge in [-0.25, -0.2) is 5.43 Å². The molecule has 0 bridgehead atoms. The molecule has 1 atom stereocenters. The summed E-state index contributed by atoms with van der Waals surface area (Å²) in [5, 5.41) is 0. The zero-order chi connectivity index (χ0) is 14.3. The summed E-state index contributed by atoms with van der Waals surface area (Å²) in [4.78, 5) is 0. The summed E-state index contributed by atoms with van der Waals surface area (Å²) >= 11 is 0. The van der Waals surface area contributed by atoms with Gasteiger partial charge in [0.15, 0.2) is 11.5 Å². The molecule has 0 radical (unpaired) electrons. The second kappa shape index (κ2) is 7.81. The molecule has 1 aromatic rings. The second-order valence-electron chi connectivity index (χ2n) is 4.46. The topological polar surface area (TPSA) is 56.5 Å². The first-order valence-corrected chi connectivity index (χ1v) is 6.63. The maximum atomic E-state index is 5.62. The molecule has 0 aliphatic carbocycles. The van der Waals surface area contributed by atoms with E-state index in [1.807, 2.05) is 45.9 Å². The van der Waals surface area contributed by atoms with Crippen LogP contribution in [0.15, 0.2) is 29.8 Å². The van der Waals surface area contributed by atoms with Crippen molar-refractivity contribution >= 4 is 0 Å². The molecule has 0 aliphatic heterocycles. The summed E-state index contributed by atoms with van der Waals surface area (Å²) in [6.07, 6.45) is 2.07. The van der Waals surface area contributed by atoms with Gasteiger partial charge in [-0.15, -0.1) is 0 Å². The first kappa shape index (κ1) is 15.5. The summed E-state index contributed by atoms with van der Waals surface area (Å²) < 4.78 is 11.2. The average molecular weight is 264 g/mol. The normalized spacial score (nSPS) is 11.8. The minimum atomic E-state index is -0.0279. The fourth-order valence-electron chi connectivity index (χ4n) is 1.84. The van der Waals surface area contributed by atoms with Crippen molar-refractivity contribution in [2.45, 2.75) is 33.7 Å². The van der Waals surface area contributed by atoms with Crippen LogP contribution in [0.5, 0.6) is 11.5 Å². The van der Waals surface area contributed by atoms with Crippen LogP contribution in [0.25, 0.3) is 0 Å². The van der Waals surface area contributed by atoms with Crippen molar-refractivity contribution in [2.24, 2.45) is 5.84 Å². The van der Waals surface area contributed by atoms with E-state index in [4.69, 9.17) is 15.3 Å². The number of allylic oxidation sites excluding steroid dienone is 1. The minimum Gasteiger partial charge on any atom is -0.490 e. The molecule has 0 aromatic heterocycles. The lowest BCUT2D eigenvalue weighted by atomic mass is 10.0. The Balaban J connectivity index is 3.08. The van der Waals surface area contributed by atoms with Crippen LogP contribution >= 0.6 is 0 Å². The molecule has 0 aliphatic rings. The molecular formula is C15H24N2O2. The molecule has 1 rings (SSSR count). The highest BCUT2D eigenvalue weighted by Crippen LogP contribution is 2.31. The lowest BCUT2D eigenvalue weighted by molar-refractivity contribution is 0.287. The van der Waals surface area contributed by atoms with Crippen molar-refractivity contribution in [1.29, 1.82) is 0 Å². The predicted molar refractivity (Wildman–Crippen MR) is 78.3 cm³/mol. The highest BCUT2D eigenvalue weighted by molar-refractivity contribution is 5.44. The Kier molecular flexibility index (Phi) is 6.39. The predicted octanol–water partition coefficient (Wildman–Crippen LogP) is 2.95. The van der Waals surface area contributed by atoms with E-state index in [1.54, 1.807) is 0 Å². The molecule has 0 amide bonds. The molecule has 1 aromatic carbocycles. The first-order valence-electron chi connectivity index (χ1n) is 6.63. The van der Waals surface area contributed by atoms with E-state index in [2.05, 4.69) is 11.5 Å². The Morgan fingerprint density at radius 1 is 1.21 bits per heavy atom. The summed E-state index contributed by atoms with van der Waals surface area (Å²) in [5.41, 5.74) is 5.05. The largest absolute Gasteiger partial charge is 0.490 e. The number of nitrogens with one attached hydrogen (secondary N) is 1. The third kappa shape index (κ3) is 4.58. The SMILES string of the molecule is CCOc1ccc(C(C=C(C)C)NN)cc1OCC. The molecule has 0 fully saturated rings. The van der Waals surface area contributed by atoms with Crippen LogP contribution in [0.1, 0.15) is 39.3 Å². The van der Waals surface area contributed by atoms with Gasteiger partial charge in [-0.1, -0.05) is 17.7 Å². The highest BCUT2D eigenvalue weighted by atomic mass is 16.5. The Morgan fingerprint density at radius 3 is 2.37 bits per heavy atom. The smallest absolute Gasteiger partial charge is 0.161 e. The van der Waals surface area contributed by atoms with E-state index in [0.717, 1.165) is 17.1 Å². The molecule has 3 N–H and O–H groups in total. The monoisotopic (exact) mass is 264 g/mol. The molecule has 4 nitrogen and oxygen atoms in total. The summed E-state index contributed by atoms with van der Waals surface area (Å²) in [6, 6.07) is 5.86. The van der Waals surface area contributed by atoms with Gasteiger partial charge in [0.2, 0.25) is 0 Å². The molecule has 106 valence electrons. The Bertz CT molecular complexity index is 426. The van der Waals surface area contributed by atoms with Crippen LogP contribution in [0.4, 0.5) is 0 Å². The van der Waals surface area contributed by atoms with Gasteiger partial charge < -0.3 is 9.47 Å². The van der Waals surface area contributed by atoms with Gasteiger partial charge in [-0.2, -0.15) is 0 Å². The number of benzene rings is 1. The van der Waals surface area contributed by atoms with Crippen molar-refractivity contribution < 1.29 is 9.47 Å². The van der Waals surface area contributed by atoms with E-state index in [9.17, 15) is 0 Å². The zero-order valence-electron chi connectivity index (χ0n) is 12.2. The van der Waals surface area contributed by atoms with Crippen LogP contribution in [0.3, 0.4) is 0 Å². The number of nitrogens with two attached hydrogens (primary N) is 1. The fourth-order valence-corrected chi connectivity index (χ4v) is 1.84. The van der Waals surface area contributed by atoms with Gasteiger partial charge in [-0.3, -0.25) is 5.84 Å². The number of hydrazine groups is 1. The molecule has 0 heterocycles. The molecule has 1 unspecified atom stereocenters.